The second kappa shape index (κ2) is 9.81. The summed E-state index contributed by atoms with van der Waals surface area (Å²) in [5.74, 6) is -0.840. The zero-order valence-corrected chi connectivity index (χ0v) is 21.7. The van der Waals surface area contributed by atoms with E-state index in [1.54, 1.807) is 15.9 Å². The van der Waals surface area contributed by atoms with Gasteiger partial charge >= 0.3 is 0 Å². The van der Waals surface area contributed by atoms with Crippen LogP contribution in [-0.4, -0.2) is 21.2 Å². The Bertz CT molecular complexity index is 1470. The van der Waals surface area contributed by atoms with E-state index in [0.717, 1.165) is 40.5 Å². The fraction of sp³-hybridized carbons (Fsp3) is 0.208. The van der Waals surface area contributed by atoms with Crippen LogP contribution in [0.3, 0.4) is 0 Å². The quantitative estimate of drug-likeness (QED) is 0.214. The second-order valence-electron chi connectivity index (χ2n) is 7.87. The first-order valence-electron chi connectivity index (χ1n) is 10.6. The molecule has 2 aromatic heterocycles. The number of thioether (sulfide) groups is 1. The van der Waals surface area contributed by atoms with Gasteiger partial charge in [0.15, 0.2) is 5.16 Å². The van der Waals surface area contributed by atoms with Crippen LogP contribution < -0.4 is 10.9 Å². The summed E-state index contributed by atoms with van der Waals surface area (Å²) in [6, 6.07) is 11.4. The van der Waals surface area contributed by atoms with Gasteiger partial charge in [-0.25, -0.2) is 9.37 Å². The molecule has 0 aliphatic heterocycles. The maximum atomic E-state index is 13.7. The van der Waals surface area contributed by atoms with E-state index in [4.69, 9.17) is 16.6 Å². The van der Waals surface area contributed by atoms with Crippen molar-refractivity contribution in [3.8, 4) is 5.69 Å². The number of fused-ring (bicyclic) bond motifs is 3. The number of hydrogen-bond acceptors (Lipinski definition) is 5. The predicted octanol–water partition coefficient (Wildman–Crippen LogP) is 6.61. The number of anilines is 1. The van der Waals surface area contributed by atoms with Crippen molar-refractivity contribution in [3.63, 3.8) is 0 Å². The van der Waals surface area contributed by atoms with Crippen LogP contribution >= 0.6 is 50.6 Å². The van der Waals surface area contributed by atoms with Crippen molar-refractivity contribution < 1.29 is 9.18 Å². The molecule has 2 heterocycles. The van der Waals surface area contributed by atoms with E-state index in [1.165, 1.54) is 34.8 Å². The fourth-order valence-corrected chi connectivity index (χ4v) is 6.56. The Hall–Kier alpha value is -2.20. The predicted molar refractivity (Wildman–Crippen MR) is 140 cm³/mol. The molecule has 0 saturated heterocycles. The van der Waals surface area contributed by atoms with Crippen molar-refractivity contribution >= 4 is 72.4 Å². The summed E-state index contributed by atoms with van der Waals surface area (Å²) in [5.41, 5.74) is 2.10. The molecular formula is C24H18BrClFN3O2S2. The normalized spacial score (nSPS) is 13.1. The summed E-state index contributed by atoms with van der Waals surface area (Å²) in [7, 11) is 0. The number of carbonyl (C=O) groups is 1. The molecule has 2 aromatic carbocycles. The van der Waals surface area contributed by atoms with Crippen molar-refractivity contribution in [1.29, 1.82) is 0 Å². The minimum absolute atomic E-state index is 0.0224. The minimum atomic E-state index is -0.552. The van der Waals surface area contributed by atoms with Gasteiger partial charge in [-0.2, -0.15) is 0 Å². The first-order valence-corrected chi connectivity index (χ1v) is 13.6. The fourth-order valence-electron chi connectivity index (χ4n) is 4.00. The van der Waals surface area contributed by atoms with E-state index in [0.29, 0.717) is 21.9 Å². The van der Waals surface area contributed by atoms with Crippen molar-refractivity contribution in [1.82, 2.24) is 9.55 Å². The number of aryl methyl sites for hydroxylation is 2. The van der Waals surface area contributed by atoms with Gasteiger partial charge in [-0.15, -0.1) is 11.3 Å². The van der Waals surface area contributed by atoms with Crippen LogP contribution in [0.15, 0.2) is 56.9 Å². The number of hydrogen-bond donors (Lipinski definition) is 1. The Morgan fingerprint density at radius 2 is 1.97 bits per heavy atom. The van der Waals surface area contributed by atoms with E-state index < -0.39 is 5.82 Å². The van der Waals surface area contributed by atoms with Gasteiger partial charge in [0, 0.05) is 15.0 Å². The molecule has 0 bridgehead atoms. The third-order valence-corrected chi connectivity index (χ3v) is 8.52. The van der Waals surface area contributed by atoms with Crippen molar-refractivity contribution in [3.05, 3.63) is 78.6 Å². The highest BCUT2D eigenvalue weighted by Gasteiger charge is 2.23. The molecule has 5 nitrogen and oxygen atoms in total. The topological polar surface area (TPSA) is 64.0 Å². The maximum absolute atomic E-state index is 13.7. The van der Waals surface area contributed by atoms with E-state index in [9.17, 15) is 14.0 Å². The number of nitrogens with one attached hydrogen (secondary N) is 1. The number of rotatable bonds is 5. The highest BCUT2D eigenvalue weighted by atomic mass is 79.9. The Morgan fingerprint density at radius 1 is 1.21 bits per heavy atom. The Morgan fingerprint density at radius 3 is 2.74 bits per heavy atom. The molecule has 4 aromatic rings. The molecule has 0 spiro atoms. The molecule has 0 radical (unpaired) electrons. The zero-order chi connectivity index (χ0) is 23.8. The number of halogens is 3. The van der Waals surface area contributed by atoms with Gasteiger partial charge in [0.05, 0.1) is 21.8 Å². The van der Waals surface area contributed by atoms with Crippen LogP contribution in [0.5, 0.6) is 0 Å². The number of nitrogens with zero attached hydrogens (tertiary/aromatic N) is 2. The first-order chi connectivity index (χ1) is 16.4. The molecule has 1 N–H and O–H groups in total. The van der Waals surface area contributed by atoms with Crippen LogP contribution in [0, 0.1) is 5.82 Å². The molecule has 0 fully saturated rings. The average Bonchev–Trinajstić information content (AvgIpc) is 3.20. The van der Waals surface area contributed by atoms with Gasteiger partial charge in [-0.05, 0) is 73.7 Å². The van der Waals surface area contributed by atoms with Gasteiger partial charge in [0.1, 0.15) is 10.6 Å². The molecular weight excluding hydrogens is 561 g/mol. The van der Waals surface area contributed by atoms with E-state index in [1.807, 2.05) is 24.3 Å². The van der Waals surface area contributed by atoms with Crippen molar-refractivity contribution in [2.24, 2.45) is 0 Å². The third-order valence-electron chi connectivity index (χ3n) is 5.58. The van der Waals surface area contributed by atoms with Crippen LogP contribution in [0.4, 0.5) is 10.1 Å². The SMILES string of the molecule is O=C(CSc1nc2sc3c(c2c(=O)n1-c1ccc(Br)cc1)CCCC3)Nc1ccc(F)c(Cl)c1. The number of carbonyl (C=O) groups excluding carboxylic acids is 1. The molecule has 1 aliphatic rings. The maximum Gasteiger partial charge on any atom is 0.267 e. The highest BCUT2D eigenvalue weighted by molar-refractivity contribution is 9.10. The van der Waals surface area contributed by atoms with Crippen LogP contribution in [0.1, 0.15) is 23.3 Å². The molecule has 174 valence electrons. The lowest BCUT2D eigenvalue weighted by atomic mass is 9.97. The molecule has 34 heavy (non-hydrogen) atoms. The number of thiophene rings is 1. The largest absolute Gasteiger partial charge is 0.325 e. The Labute approximate surface area is 216 Å². The van der Waals surface area contributed by atoms with E-state index >= 15 is 0 Å². The van der Waals surface area contributed by atoms with Gasteiger partial charge < -0.3 is 5.32 Å². The lowest BCUT2D eigenvalue weighted by Crippen LogP contribution is -2.23. The molecule has 5 rings (SSSR count). The zero-order valence-electron chi connectivity index (χ0n) is 17.7. The van der Waals surface area contributed by atoms with E-state index in [-0.39, 0.29) is 22.2 Å². The third kappa shape index (κ3) is 4.66. The minimum Gasteiger partial charge on any atom is -0.325 e. The van der Waals surface area contributed by atoms with E-state index in [2.05, 4.69) is 21.2 Å². The average molecular weight is 579 g/mol. The summed E-state index contributed by atoms with van der Waals surface area (Å²) in [5, 5.41) is 3.78. The number of benzene rings is 2. The van der Waals surface area contributed by atoms with Crippen LogP contribution in [0.2, 0.25) is 5.02 Å². The lowest BCUT2D eigenvalue weighted by Gasteiger charge is -2.14. The standard InChI is InChI=1S/C24H18BrClFN3O2S2/c25-13-5-8-15(9-6-13)30-23(32)21-16-3-1-2-4-19(16)34-22(21)29-24(30)33-12-20(31)28-14-7-10-18(27)17(26)11-14/h5-11H,1-4,12H2,(H,28,31). The van der Waals surface area contributed by atoms with Gasteiger partial charge in [-0.3, -0.25) is 14.2 Å². The van der Waals surface area contributed by atoms with Crippen LogP contribution in [0.25, 0.3) is 15.9 Å². The number of aromatic nitrogens is 2. The molecule has 0 atom stereocenters. The monoisotopic (exact) mass is 577 g/mol. The second-order valence-corrected chi connectivity index (χ2v) is 11.2. The molecule has 1 amide bonds. The summed E-state index contributed by atoms with van der Waals surface area (Å²) >= 11 is 12.0. The number of amides is 1. The van der Waals surface area contributed by atoms with Crippen molar-refractivity contribution in [2.45, 2.75) is 30.8 Å². The summed E-state index contributed by atoms with van der Waals surface area (Å²) < 4.78 is 15.9. The smallest absolute Gasteiger partial charge is 0.267 e. The molecule has 10 heteroatoms. The Balaban J connectivity index is 1.50. The summed E-state index contributed by atoms with van der Waals surface area (Å²) in [6.07, 6.45) is 4.05. The van der Waals surface area contributed by atoms with Crippen molar-refractivity contribution in [2.75, 3.05) is 11.1 Å². The molecule has 0 saturated carbocycles. The molecule has 1 aliphatic carbocycles. The molecule has 0 unspecified atom stereocenters. The summed E-state index contributed by atoms with van der Waals surface area (Å²) in [6.45, 7) is 0. The summed E-state index contributed by atoms with van der Waals surface area (Å²) in [4.78, 5) is 33.1. The van der Waals surface area contributed by atoms with Gasteiger partial charge in [-0.1, -0.05) is 39.3 Å². The van der Waals surface area contributed by atoms with Crippen LogP contribution in [-0.2, 0) is 17.6 Å². The van der Waals surface area contributed by atoms with Gasteiger partial charge in [0.25, 0.3) is 5.56 Å². The van der Waals surface area contributed by atoms with Gasteiger partial charge in [0.2, 0.25) is 5.91 Å². The first kappa shape index (κ1) is 23.5. The lowest BCUT2D eigenvalue weighted by molar-refractivity contribution is -0.113. The highest BCUT2D eigenvalue weighted by Crippen LogP contribution is 2.35. The Kier molecular flexibility index (Phi) is 6.79.